The highest BCUT2D eigenvalue weighted by Gasteiger charge is 2.08. The van der Waals surface area contributed by atoms with Gasteiger partial charge in [0.05, 0.1) is 11.1 Å². The third-order valence-corrected chi connectivity index (χ3v) is 1.86. The SMILES string of the molecule is Cc1noc(=O)c2cccc(F)c12. The van der Waals surface area contributed by atoms with Crippen LogP contribution in [0.25, 0.3) is 10.8 Å². The summed E-state index contributed by atoms with van der Waals surface area (Å²) in [6, 6.07) is 4.27. The molecular formula is C9H6FNO2. The number of hydrogen-bond donors (Lipinski definition) is 0. The second-order valence-corrected chi connectivity index (χ2v) is 2.72. The van der Waals surface area contributed by atoms with Gasteiger partial charge in [0.25, 0.3) is 0 Å². The Morgan fingerprint density at radius 3 is 2.92 bits per heavy atom. The smallest absolute Gasteiger partial charge is 0.313 e. The Labute approximate surface area is 72.8 Å². The van der Waals surface area contributed by atoms with Crippen LogP contribution in [0.5, 0.6) is 0 Å². The molecule has 0 radical (unpaired) electrons. The maximum Gasteiger partial charge on any atom is 0.366 e. The standard InChI is InChI=1S/C9H6FNO2/c1-5-8-6(9(12)13-11-5)3-2-4-7(8)10/h2-4H,1H3. The minimum absolute atomic E-state index is 0.229. The zero-order chi connectivity index (χ0) is 9.42. The van der Waals surface area contributed by atoms with E-state index in [1.165, 1.54) is 18.2 Å². The van der Waals surface area contributed by atoms with Gasteiger partial charge in [-0.2, -0.15) is 0 Å². The van der Waals surface area contributed by atoms with E-state index in [9.17, 15) is 9.18 Å². The maximum absolute atomic E-state index is 13.2. The second kappa shape index (κ2) is 2.65. The van der Waals surface area contributed by atoms with Crippen molar-refractivity contribution in [3.8, 4) is 0 Å². The van der Waals surface area contributed by atoms with Crippen molar-refractivity contribution in [2.75, 3.05) is 0 Å². The molecule has 0 fully saturated rings. The number of benzene rings is 1. The first-order chi connectivity index (χ1) is 6.20. The molecule has 0 N–H and O–H groups in total. The van der Waals surface area contributed by atoms with Crippen LogP contribution in [0.15, 0.2) is 27.5 Å². The molecule has 3 nitrogen and oxygen atoms in total. The Kier molecular flexibility index (Phi) is 1.62. The van der Waals surface area contributed by atoms with Crippen LogP contribution in [0, 0.1) is 12.7 Å². The van der Waals surface area contributed by atoms with Crippen molar-refractivity contribution in [1.82, 2.24) is 5.16 Å². The van der Waals surface area contributed by atoms with Crippen molar-refractivity contribution in [2.24, 2.45) is 0 Å². The van der Waals surface area contributed by atoms with E-state index in [1.54, 1.807) is 6.92 Å². The third kappa shape index (κ3) is 1.11. The van der Waals surface area contributed by atoms with Gasteiger partial charge in [-0.05, 0) is 19.1 Å². The van der Waals surface area contributed by atoms with Gasteiger partial charge in [0.2, 0.25) is 0 Å². The quantitative estimate of drug-likeness (QED) is 0.617. The number of hydrogen-bond acceptors (Lipinski definition) is 3. The fourth-order valence-corrected chi connectivity index (χ4v) is 1.27. The molecule has 0 spiro atoms. The van der Waals surface area contributed by atoms with Gasteiger partial charge in [0.15, 0.2) is 0 Å². The normalized spacial score (nSPS) is 10.6. The van der Waals surface area contributed by atoms with Gasteiger partial charge in [-0.3, -0.25) is 0 Å². The summed E-state index contributed by atoms with van der Waals surface area (Å²) >= 11 is 0. The predicted octanol–water partition coefficient (Wildman–Crippen LogP) is 1.64. The molecule has 0 saturated carbocycles. The lowest BCUT2D eigenvalue weighted by Gasteiger charge is -1.98. The number of aromatic nitrogens is 1. The van der Waals surface area contributed by atoms with Crippen molar-refractivity contribution in [3.63, 3.8) is 0 Å². The maximum atomic E-state index is 13.2. The first-order valence-electron chi connectivity index (χ1n) is 3.75. The van der Waals surface area contributed by atoms with E-state index in [4.69, 9.17) is 0 Å². The highest BCUT2D eigenvalue weighted by molar-refractivity contribution is 5.83. The molecule has 0 aliphatic carbocycles. The molecule has 0 amide bonds. The van der Waals surface area contributed by atoms with Gasteiger partial charge < -0.3 is 4.52 Å². The Morgan fingerprint density at radius 1 is 1.46 bits per heavy atom. The van der Waals surface area contributed by atoms with Gasteiger partial charge in [0, 0.05) is 5.39 Å². The largest absolute Gasteiger partial charge is 0.366 e. The topological polar surface area (TPSA) is 43.1 Å². The highest BCUT2D eigenvalue weighted by Crippen LogP contribution is 2.16. The minimum atomic E-state index is -0.611. The van der Waals surface area contributed by atoms with Gasteiger partial charge in [-0.1, -0.05) is 11.2 Å². The van der Waals surface area contributed by atoms with Gasteiger partial charge >= 0.3 is 5.63 Å². The summed E-state index contributed by atoms with van der Waals surface area (Å²) < 4.78 is 17.7. The van der Waals surface area contributed by atoms with Crippen molar-refractivity contribution < 1.29 is 8.91 Å². The van der Waals surface area contributed by atoms with E-state index in [0.29, 0.717) is 5.69 Å². The van der Waals surface area contributed by atoms with E-state index < -0.39 is 11.4 Å². The molecule has 13 heavy (non-hydrogen) atoms. The van der Waals surface area contributed by atoms with E-state index in [-0.39, 0.29) is 10.8 Å². The third-order valence-electron chi connectivity index (χ3n) is 1.86. The predicted molar refractivity (Wildman–Crippen MR) is 45.0 cm³/mol. The molecule has 0 aliphatic rings. The van der Waals surface area contributed by atoms with Crippen LogP contribution < -0.4 is 5.63 Å². The Morgan fingerprint density at radius 2 is 2.23 bits per heavy atom. The minimum Gasteiger partial charge on any atom is -0.313 e. The first-order valence-corrected chi connectivity index (χ1v) is 3.75. The van der Waals surface area contributed by atoms with Crippen LogP contribution >= 0.6 is 0 Å². The van der Waals surface area contributed by atoms with Crippen LogP contribution in [-0.2, 0) is 0 Å². The van der Waals surface area contributed by atoms with E-state index in [0.717, 1.165) is 0 Å². The van der Waals surface area contributed by atoms with Gasteiger partial charge in [0.1, 0.15) is 5.82 Å². The molecule has 1 heterocycles. The number of nitrogens with zero attached hydrogens (tertiary/aromatic N) is 1. The molecule has 0 saturated heterocycles. The highest BCUT2D eigenvalue weighted by atomic mass is 19.1. The number of halogens is 1. The van der Waals surface area contributed by atoms with Crippen molar-refractivity contribution in [3.05, 3.63) is 40.1 Å². The summed E-state index contributed by atoms with van der Waals surface area (Å²) in [5.74, 6) is -0.449. The molecule has 66 valence electrons. The fourth-order valence-electron chi connectivity index (χ4n) is 1.27. The molecule has 1 aromatic carbocycles. The summed E-state index contributed by atoms with van der Waals surface area (Å²) in [5, 5.41) is 3.90. The zero-order valence-corrected chi connectivity index (χ0v) is 6.87. The first kappa shape index (κ1) is 7.91. The molecule has 0 atom stereocenters. The van der Waals surface area contributed by atoms with Gasteiger partial charge in [-0.25, -0.2) is 9.18 Å². The monoisotopic (exact) mass is 179 g/mol. The molecular weight excluding hydrogens is 173 g/mol. The lowest BCUT2D eigenvalue weighted by Crippen LogP contribution is -2.03. The van der Waals surface area contributed by atoms with Crippen molar-refractivity contribution >= 4 is 10.8 Å². The number of aryl methyl sites for hydroxylation is 1. The van der Waals surface area contributed by atoms with Crippen LogP contribution in [0.4, 0.5) is 4.39 Å². The van der Waals surface area contributed by atoms with Crippen LogP contribution in [-0.4, -0.2) is 5.16 Å². The van der Waals surface area contributed by atoms with E-state index >= 15 is 0 Å². The summed E-state index contributed by atoms with van der Waals surface area (Å²) in [5.41, 5.74) is -0.229. The molecule has 0 aliphatic heterocycles. The summed E-state index contributed by atoms with van der Waals surface area (Å²) in [6.07, 6.45) is 0. The summed E-state index contributed by atoms with van der Waals surface area (Å²) in [4.78, 5) is 11.1. The lowest BCUT2D eigenvalue weighted by atomic mass is 10.1. The second-order valence-electron chi connectivity index (χ2n) is 2.72. The molecule has 2 rings (SSSR count). The lowest BCUT2D eigenvalue weighted by molar-refractivity contribution is 0.370. The molecule has 0 bridgehead atoms. The van der Waals surface area contributed by atoms with E-state index in [2.05, 4.69) is 9.68 Å². The van der Waals surface area contributed by atoms with Crippen LogP contribution in [0.1, 0.15) is 5.69 Å². The average Bonchev–Trinajstić information content (AvgIpc) is 2.12. The Hall–Kier alpha value is -1.71. The summed E-state index contributed by atoms with van der Waals surface area (Å²) in [6.45, 7) is 1.59. The van der Waals surface area contributed by atoms with Crippen LogP contribution in [0.2, 0.25) is 0 Å². The fraction of sp³-hybridized carbons (Fsp3) is 0.111. The van der Waals surface area contributed by atoms with E-state index in [1.807, 2.05) is 0 Å². The molecule has 2 aromatic rings. The van der Waals surface area contributed by atoms with Crippen molar-refractivity contribution in [1.29, 1.82) is 0 Å². The molecule has 4 heteroatoms. The average molecular weight is 179 g/mol. The van der Waals surface area contributed by atoms with Gasteiger partial charge in [-0.15, -0.1) is 0 Å². The molecule has 0 unspecified atom stereocenters. The Balaban J connectivity index is 3.09. The number of rotatable bonds is 0. The van der Waals surface area contributed by atoms with Crippen LogP contribution in [0.3, 0.4) is 0 Å². The number of fused-ring (bicyclic) bond motifs is 1. The van der Waals surface area contributed by atoms with Crippen molar-refractivity contribution in [2.45, 2.75) is 6.92 Å². The summed E-state index contributed by atoms with van der Waals surface area (Å²) in [7, 11) is 0. The molecule has 1 aromatic heterocycles. The zero-order valence-electron chi connectivity index (χ0n) is 6.87. The Bertz CT molecular complexity index is 510.